The van der Waals surface area contributed by atoms with Gasteiger partial charge in [0.2, 0.25) is 4.77 Å². The van der Waals surface area contributed by atoms with Crippen molar-refractivity contribution in [1.29, 1.82) is 0 Å². The number of rotatable bonds is 3. The molecule has 7 nitrogen and oxygen atoms in total. The molecule has 1 saturated heterocycles. The van der Waals surface area contributed by atoms with E-state index in [-0.39, 0.29) is 0 Å². The van der Waals surface area contributed by atoms with Crippen molar-refractivity contribution in [3.63, 3.8) is 0 Å². The van der Waals surface area contributed by atoms with Crippen molar-refractivity contribution >= 4 is 18.5 Å². The number of aromatic amines is 1. The average molecular weight is 242 g/mol. The Hall–Kier alpha value is -1.12. The molecule has 1 unspecified atom stereocenters. The minimum Gasteiger partial charge on any atom is -0.304 e. The summed E-state index contributed by atoms with van der Waals surface area (Å²) in [6.45, 7) is 3.56. The number of aromatic nitrogens is 4. The maximum Gasteiger partial charge on any atom is 0.240 e. The van der Waals surface area contributed by atoms with Gasteiger partial charge in [-0.2, -0.15) is 5.21 Å². The van der Waals surface area contributed by atoms with Gasteiger partial charge < -0.3 is 4.90 Å². The van der Waals surface area contributed by atoms with Crippen LogP contribution in [-0.4, -0.2) is 69.5 Å². The van der Waals surface area contributed by atoms with E-state index in [0.29, 0.717) is 4.77 Å². The third kappa shape index (κ3) is 2.18. The topological polar surface area (TPSA) is 70.0 Å². The molecule has 0 spiro atoms. The first-order chi connectivity index (χ1) is 7.72. The zero-order chi connectivity index (χ0) is 11.5. The third-order valence-corrected chi connectivity index (χ3v) is 3.07. The van der Waals surface area contributed by atoms with Crippen LogP contribution in [0.15, 0.2) is 0 Å². The van der Waals surface area contributed by atoms with Crippen molar-refractivity contribution in [3.8, 4) is 0 Å². The molecule has 16 heavy (non-hydrogen) atoms. The molecule has 2 rings (SSSR count). The van der Waals surface area contributed by atoms with Crippen LogP contribution < -0.4 is 0 Å². The second-order valence-electron chi connectivity index (χ2n) is 3.84. The largest absolute Gasteiger partial charge is 0.304 e. The number of carbonyl (C=O) groups excluding carboxylic acids is 1. The Bertz CT molecular complexity index is 407. The molecule has 0 radical (unpaired) electrons. The monoisotopic (exact) mass is 242 g/mol. The molecule has 1 fully saturated rings. The zero-order valence-electron chi connectivity index (χ0n) is 9.04. The maximum absolute atomic E-state index is 11.1. The molecule has 1 aromatic rings. The number of carbonyl (C=O) groups is 1. The van der Waals surface area contributed by atoms with Gasteiger partial charge in [0.05, 0.1) is 0 Å². The average Bonchev–Trinajstić information content (AvgIpc) is 2.69. The van der Waals surface area contributed by atoms with E-state index in [1.807, 2.05) is 0 Å². The molecular weight excluding hydrogens is 228 g/mol. The first kappa shape index (κ1) is 11.4. The predicted octanol–water partition coefficient (Wildman–Crippen LogP) is -0.719. The first-order valence-electron chi connectivity index (χ1n) is 5.10. The molecule has 1 aromatic heterocycles. The van der Waals surface area contributed by atoms with E-state index in [1.54, 1.807) is 0 Å². The molecular formula is C8H14N6OS. The van der Waals surface area contributed by atoms with Crippen LogP contribution in [0, 0.1) is 4.77 Å². The van der Waals surface area contributed by atoms with Gasteiger partial charge in [-0.25, -0.2) is 4.68 Å². The van der Waals surface area contributed by atoms with Gasteiger partial charge in [0, 0.05) is 26.2 Å². The smallest absolute Gasteiger partial charge is 0.240 e. The van der Waals surface area contributed by atoms with E-state index in [2.05, 4.69) is 32.4 Å². The van der Waals surface area contributed by atoms with Gasteiger partial charge >= 0.3 is 0 Å². The fourth-order valence-electron chi connectivity index (χ4n) is 1.77. The minimum atomic E-state index is -0.420. The van der Waals surface area contributed by atoms with Crippen molar-refractivity contribution in [3.05, 3.63) is 4.77 Å². The summed E-state index contributed by atoms with van der Waals surface area (Å²) in [5.74, 6) is 0. The summed E-state index contributed by atoms with van der Waals surface area (Å²) in [6.07, 6.45) is 0.442. The first-order valence-corrected chi connectivity index (χ1v) is 5.50. The molecule has 1 N–H and O–H groups in total. The van der Waals surface area contributed by atoms with Gasteiger partial charge in [-0.05, 0) is 19.3 Å². The normalized spacial score (nSPS) is 20.8. The van der Waals surface area contributed by atoms with Crippen molar-refractivity contribution in [2.45, 2.75) is 6.17 Å². The van der Waals surface area contributed by atoms with E-state index in [0.717, 1.165) is 32.5 Å². The summed E-state index contributed by atoms with van der Waals surface area (Å²) < 4.78 is 1.81. The fraction of sp³-hybridized carbons (Fsp3) is 0.750. The van der Waals surface area contributed by atoms with Gasteiger partial charge in [-0.1, -0.05) is 10.3 Å². The fourth-order valence-corrected chi connectivity index (χ4v) is 1.96. The highest BCUT2D eigenvalue weighted by Gasteiger charge is 2.24. The van der Waals surface area contributed by atoms with Crippen molar-refractivity contribution < 1.29 is 4.79 Å². The summed E-state index contributed by atoms with van der Waals surface area (Å²) in [5, 5.41) is 9.89. The van der Waals surface area contributed by atoms with Gasteiger partial charge in [-0.3, -0.25) is 9.69 Å². The van der Waals surface area contributed by atoms with Crippen LogP contribution in [-0.2, 0) is 4.79 Å². The summed E-state index contributed by atoms with van der Waals surface area (Å²) in [6, 6.07) is 0. The van der Waals surface area contributed by atoms with Gasteiger partial charge in [0.1, 0.15) is 0 Å². The number of H-pyrrole nitrogens is 1. The number of likely N-dealkylation sites (N-methyl/N-ethyl adjacent to an activating group) is 1. The summed E-state index contributed by atoms with van der Waals surface area (Å²) >= 11 is 4.98. The molecule has 0 saturated carbocycles. The SMILES string of the molecule is CN1CCN(C(C=O)n2[nH]nnc2=S)CC1. The van der Waals surface area contributed by atoms with Crippen LogP contribution >= 0.6 is 12.2 Å². The molecule has 1 atom stereocenters. The second-order valence-corrected chi connectivity index (χ2v) is 4.21. The number of piperazine rings is 1. The summed E-state index contributed by atoms with van der Waals surface area (Å²) in [7, 11) is 2.07. The van der Waals surface area contributed by atoms with E-state index in [4.69, 9.17) is 12.2 Å². The third-order valence-electron chi connectivity index (χ3n) is 2.79. The standard InChI is InChI=1S/C8H14N6OS/c1-12-2-4-13(5-3-12)7(6-15)14-8(16)9-10-11-14/h6-7H,2-5H2,1H3,(H,9,11,16). The van der Waals surface area contributed by atoms with Crippen molar-refractivity contribution in [2.24, 2.45) is 0 Å². The molecule has 2 heterocycles. The van der Waals surface area contributed by atoms with E-state index in [9.17, 15) is 4.79 Å². The van der Waals surface area contributed by atoms with E-state index >= 15 is 0 Å². The van der Waals surface area contributed by atoms with Crippen LogP contribution in [0.3, 0.4) is 0 Å². The Morgan fingerprint density at radius 2 is 2.12 bits per heavy atom. The lowest BCUT2D eigenvalue weighted by Gasteiger charge is -2.35. The quantitative estimate of drug-likeness (QED) is 0.557. The number of hydrogen-bond donors (Lipinski definition) is 1. The number of tetrazole rings is 1. The second kappa shape index (κ2) is 4.81. The minimum absolute atomic E-state index is 0.302. The molecule has 0 bridgehead atoms. The predicted molar refractivity (Wildman–Crippen MR) is 59.4 cm³/mol. The number of hydrogen-bond acceptors (Lipinski definition) is 6. The molecule has 0 aliphatic carbocycles. The van der Waals surface area contributed by atoms with Gasteiger partial charge in [0.25, 0.3) is 0 Å². The summed E-state index contributed by atoms with van der Waals surface area (Å²) in [5.41, 5.74) is 0. The number of nitrogens with zero attached hydrogens (tertiary/aromatic N) is 5. The molecule has 0 amide bonds. The number of nitrogens with one attached hydrogen (secondary N) is 1. The van der Waals surface area contributed by atoms with Crippen LogP contribution in [0.1, 0.15) is 6.17 Å². The van der Waals surface area contributed by atoms with Crippen LogP contribution in [0.5, 0.6) is 0 Å². The molecule has 1 aliphatic rings. The Labute approximate surface area is 98.0 Å². The molecule has 8 heteroatoms. The van der Waals surface area contributed by atoms with Crippen molar-refractivity contribution in [2.75, 3.05) is 33.2 Å². The van der Waals surface area contributed by atoms with E-state index in [1.165, 1.54) is 4.68 Å². The Morgan fingerprint density at radius 1 is 1.44 bits per heavy atom. The Kier molecular flexibility index (Phi) is 3.42. The molecule has 88 valence electrons. The van der Waals surface area contributed by atoms with Crippen LogP contribution in [0.2, 0.25) is 0 Å². The molecule has 0 aromatic carbocycles. The highest BCUT2D eigenvalue weighted by Crippen LogP contribution is 2.11. The summed E-state index contributed by atoms with van der Waals surface area (Å²) in [4.78, 5) is 15.4. The lowest BCUT2D eigenvalue weighted by Crippen LogP contribution is -2.48. The highest BCUT2D eigenvalue weighted by molar-refractivity contribution is 7.71. The van der Waals surface area contributed by atoms with Gasteiger partial charge in [0.15, 0.2) is 12.5 Å². The highest BCUT2D eigenvalue weighted by atomic mass is 32.1. The Balaban J connectivity index is 2.14. The van der Waals surface area contributed by atoms with Gasteiger partial charge in [-0.15, -0.1) is 0 Å². The van der Waals surface area contributed by atoms with Crippen LogP contribution in [0.4, 0.5) is 0 Å². The van der Waals surface area contributed by atoms with Crippen LogP contribution in [0.25, 0.3) is 0 Å². The zero-order valence-corrected chi connectivity index (χ0v) is 9.85. The van der Waals surface area contributed by atoms with Crippen molar-refractivity contribution in [1.82, 2.24) is 30.0 Å². The van der Waals surface area contributed by atoms with E-state index < -0.39 is 6.17 Å². The Morgan fingerprint density at radius 3 is 2.62 bits per heavy atom. The number of aldehydes is 1. The lowest BCUT2D eigenvalue weighted by atomic mass is 10.3. The maximum atomic E-state index is 11.1. The molecule has 1 aliphatic heterocycles. The lowest BCUT2D eigenvalue weighted by molar-refractivity contribution is -0.116.